The molecule has 0 fully saturated rings. The third-order valence-electron chi connectivity index (χ3n) is 3.36. The SMILES string of the molecule is CC(C)(C)OC(=O)CC[C@H](CS(=O)(=O)c1ccccc1)NC(=O)OC(C)(C)C. The van der Waals surface area contributed by atoms with Gasteiger partial charge in [0.15, 0.2) is 9.84 Å². The molecule has 0 bridgehead atoms. The summed E-state index contributed by atoms with van der Waals surface area (Å²) in [4.78, 5) is 24.3. The Labute approximate surface area is 167 Å². The van der Waals surface area contributed by atoms with E-state index in [1.807, 2.05) is 0 Å². The Balaban J connectivity index is 2.88. The molecule has 1 N–H and O–H groups in total. The van der Waals surface area contributed by atoms with E-state index < -0.39 is 39.1 Å². The van der Waals surface area contributed by atoms with Gasteiger partial charge in [-0.3, -0.25) is 4.79 Å². The van der Waals surface area contributed by atoms with Gasteiger partial charge in [-0.25, -0.2) is 13.2 Å². The lowest BCUT2D eigenvalue weighted by Crippen LogP contribution is -2.43. The molecule has 0 radical (unpaired) electrons. The number of amides is 1. The van der Waals surface area contributed by atoms with E-state index in [1.54, 1.807) is 59.7 Å². The highest BCUT2D eigenvalue weighted by atomic mass is 32.2. The Morgan fingerprint density at radius 1 is 0.964 bits per heavy atom. The Kier molecular flexibility index (Phi) is 8.05. The quantitative estimate of drug-likeness (QED) is 0.687. The van der Waals surface area contributed by atoms with Crippen LogP contribution < -0.4 is 5.32 Å². The summed E-state index contributed by atoms with van der Waals surface area (Å²) in [5, 5.41) is 2.57. The van der Waals surface area contributed by atoms with Crippen molar-refractivity contribution < 1.29 is 27.5 Å². The predicted molar refractivity (Wildman–Crippen MR) is 107 cm³/mol. The zero-order chi connectivity index (χ0) is 21.6. The molecule has 0 heterocycles. The maximum Gasteiger partial charge on any atom is 0.407 e. The lowest BCUT2D eigenvalue weighted by molar-refractivity contribution is -0.155. The van der Waals surface area contributed by atoms with Crippen molar-refractivity contribution in [2.75, 3.05) is 5.75 Å². The van der Waals surface area contributed by atoms with E-state index in [9.17, 15) is 18.0 Å². The van der Waals surface area contributed by atoms with Crippen molar-refractivity contribution in [3.63, 3.8) is 0 Å². The molecule has 0 spiro atoms. The minimum Gasteiger partial charge on any atom is -0.460 e. The number of esters is 1. The van der Waals surface area contributed by atoms with Crippen LogP contribution in [0, 0.1) is 0 Å². The van der Waals surface area contributed by atoms with E-state index in [2.05, 4.69) is 5.32 Å². The van der Waals surface area contributed by atoms with Crippen LogP contribution in [-0.4, -0.2) is 43.5 Å². The van der Waals surface area contributed by atoms with Gasteiger partial charge in [-0.15, -0.1) is 0 Å². The molecule has 1 rings (SSSR count). The van der Waals surface area contributed by atoms with Gasteiger partial charge in [0.2, 0.25) is 0 Å². The van der Waals surface area contributed by atoms with E-state index in [0.29, 0.717) is 0 Å². The summed E-state index contributed by atoms with van der Waals surface area (Å²) in [6.45, 7) is 10.4. The average molecular weight is 414 g/mol. The van der Waals surface area contributed by atoms with Crippen molar-refractivity contribution in [2.24, 2.45) is 0 Å². The molecule has 8 heteroatoms. The second kappa shape index (κ2) is 9.41. The van der Waals surface area contributed by atoms with Crippen LogP contribution in [0.1, 0.15) is 54.4 Å². The lowest BCUT2D eigenvalue weighted by Gasteiger charge is -2.24. The molecule has 0 unspecified atom stereocenters. The maximum atomic E-state index is 12.7. The number of benzene rings is 1. The molecule has 0 saturated heterocycles. The Morgan fingerprint density at radius 3 is 2.00 bits per heavy atom. The number of carbonyl (C=O) groups is 2. The topological polar surface area (TPSA) is 98.8 Å². The maximum absolute atomic E-state index is 12.7. The van der Waals surface area contributed by atoms with Gasteiger partial charge in [0.25, 0.3) is 0 Å². The fraction of sp³-hybridized carbons (Fsp3) is 0.600. The Morgan fingerprint density at radius 2 is 1.50 bits per heavy atom. The third kappa shape index (κ3) is 9.73. The van der Waals surface area contributed by atoms with Crippen molar-refractivity contribution >= 4 is 21.9 Å². The highest BCUT2D eigenvalue weighted by molar-refractivity contribution is 7.91. The largest absolute Gasteiger partial charge is 0.460 e. The first kappa shape index (κ1) is 23.9. The molecule has 0 aliphatic rings. The van der Waals surface area contributed by atoms with Crippen LogP contribution >= 0.6 is 0 Å². The first-order chi connectivity index (χ1) is 12.7. The van der Waals surface area contributed by atoms with Gasteiger partial charge in [-0.1, -0.05) is 18.2 Å². The van der Waals surface area contributed by atoms with E-state index in [-0.39, 0.29) is 23.5 Å². The number of ether oxygens (including phenoxy) is 2. The summed E-state index contributed by atoms with van der Waals surface area (Å²) in [5.41, 5.74) is -1.36. The number of rotatable bonds is 7. The molecule has 1 amide bonds. The summed E-state index contributed by atoms with van der Waals surface area (Å²) in [5.74, 6) is -0.806. The van der Waals surface area contributed by atoms with Crippen molar-refractivity contribution in [2.45, 2.75) is 76.5 Å². The van der Waals surface area contributed by atoms with Gasteiger partial charge >= 0.3 is 12.1 Å². The van der Waals surface area contributed by atoms with E-state index in [1.165, 1.54) is 12.1 Å². The first-order valence-corrected chi connectivity index (χ1v) is 10.8. The molecule has 1 aromatic carbocycles. The first-order valence-electron chi connectivity index (χ1n) is 9.17. The van der Waals surface area contributed by atoms with Gasteiger partial charge in [0.05, 0.1) is 10.6 Å². The third-order valence-corrected chi connectivity index (χ3v) is 5.19. The molecular formula is C20H31NO6S. The molecule has 1 atom stereocenters. The summed E-state index contributed by atoms with van der Waals surface area (Å²) in [6.07, 6.45) is -0.646. The van der Waals surface area contributed by atoms with Gasteiger partial charge in [0, 0.05) is 12.5 Å². The number of hydrogen-bond acceptors (Lipinski definition) is 6. The van der Waals surface area contributed by atoms with Crippen molar-refractivity contribution in [1.29, 1.82) is 0 Å². The molecule has 0 aliphatic heterocycles. The normalized spacial score (nSPS) is 13.5. The molecule has 1 aromatic rings. The Hall–Kier alpha value is -2.09. The van der Waals surface area contributed by atoms with Gasteiger partial charge in [-0.05, 0) is 60.1 Å². The fourth-order valence-electron chi connectivity index (χ4n) is 2.34. The second-order valence-corrected chi connectivity index (χ2v) is 10.6. The minimum absolute atomic E-state index is 0.0257. The van der Waals surface area contributed by atoms with Gasteiger partial charge in [-0.2, -0.15) is 0 Å². The van der Waals surface area contributed by atoms with E-state index in [0.717, 1.165) is 0 Å². The molecular weight excluding hydrogens is 382 g/mol. The highest BCUT2D eigenvalue weighted by Gasteiger charge is 2.26. The number of alkyl carbamates (subject to hydrolysis) is 1. The van der Waals surface area contributed by atoms with Crippen LogP contribution in [0.25, 0.3) is 0 Å². The van der Waals surface area contributed by atoms with Crippen LogP contribution in [0.15, 0.2) is 35.2 Å². The van der Waals surface area contributed by atoms with Crippen molar-refractivity contribution in [3.05, 3.63) is 30.3 Å². The van der Waals surface area contributed by atoms with Crippen molar-refractivity contribution in [1.82, 2.24) is 5.32 Å². The van der Waals surface area contributed by atoms with Crippen LogP contribution in [0.4, 0.5) is 4.79 Å². The molecule has 158 valence electrons. The minimum atomic E-state index is -3.65. The zero-order valence-corrected chi connectivity index (χ0v) is 18.3. The predicted octanol–water partition coefficient (Wildman–Crippen LogP) is 3.48. The summed E-state index contributed by atoms with van der Waals surface area (Å²) in [7, 11) is -3.65. The lowest BCUT2D eigenvalue weighted by atomic mass is 10.1. The molecule has 0 aliphatic carbocycles. The van der Waals surface area contributed by atoms with Gasteiger partial charge in [0.1, 0.15) is 11.2 Å². The zero-order valence-electron chi connectivity index (χ0n) is 17.4. The standard InChI is InChI=1S/C20H31NO6S/c1-19(2,3)26-17(22)13-12-15(21-18(23)27-20(4,5)6)14-28(24,25)16-10-8-7-9-11-16/h7-11,15H,12-14H2,1-6H3,(H,21,23)/t15-/m1/s1. The summed E-state index contributed by atoms with van der Waals surface area (Å²) in [6, 6.07) is 7.17. The molecule has 0 aromatic heterocycles. The molecule has 28 heavy (non-hydrogen) atoms. The summed E-state index contributed by atoms with van der Waals surface area (Å²) >= 11 is 0. The fourth-order valence-corrected chi connectivity index (χ4v) is 3.89. The summed E-state index contributed by atoms with van der Waals surface area (Å²) < 4.78 is 35.8. The number of carbonyl (C=O) groups excluding carboxylic acids is 2. The van der Waals surface area contributed by atoms with Crippen molar-refractivity contribution in [3.8, 4) is 0 Å². The van der Waals surface area contributed by atoms with Crippen LogP contribution in [-0.2, 0) is 24.1 Å². The highest BCUT2D eigenvalue weighted by Crippen LogP contribution is 2.16. The van der Waals surface area contributed by atoms with Crippen LogP contribution in [0.2, 0.25) is 0 Å². The van der Waals surface area contributed by atoms with Crippen LogP contribution in [0.5, 0.6) is 0 Å². The smallest absolute Gasteiger partial charge is 0.407 e. The van der Waals surface area contributed by atoms with Gasteiger partial charge < -0.3 is 14.8 Å². The Bertz CT molecular complexity index is 760. The van der Waals surface area contributed by atoms with Crippen LogP contribution in [0.3, 0.4) is 0 Å². The monoisotopic (exact) mass is 413 g/mol. The van der Waals surface area contributed by atoms with E-state index >= 15 is 0 Å². The number of sulfone groups is 1. The van der Waals surface area contributed by atoms with E-state index in [4.69, 9.17) is 9.47 Å². The number of hydrogen-bond donors (Lipinski definition) is 1. The number of nitrogens with one attached hydrogen (secondary N) is 1. The molecule has 7 nitrogen and oxygen atoms in total. The molecule has 0 saturated carbocycles. The average Bonchev–Trinajstić information content (AvgIpc) is 2.49. The second-order valence-electron chi connectivity index (χ2n) is 8.56.